The van der Waals surface area contributed by atoms with Gasteiger partial charge < -0.3 is 15.3 Å². The van der Waals surface area contributed by atoms with Crippen LogP contribution in [0.4, 0.5) is 0 Å². The van der Waals surface area contributed by atoms with E-state index in [1.807, 2.05) is 12.1 Å². The van der Waals surface area contributed by atoms with Gasteiger partial charge in [0, 0.05) is 17.9 Å². The Morgan fingerprint density at radius 1 is 1.20 bits per heavy atom. The molecular formula is C17H19NO5S2. The molecule has 0 aliphatic rings. The number of benzene rings is 1. The van der Waals surface area contributed by atoms with Crippen LogP contribution in [0.25, 0.3) is 10.2 Å². The number of carbonyl (C=O) groups is 2. The van der Waals surface area contributed by atoms with Gasteiger partial charge in [-0.2, -0.15) is 0 Å². The van der Waals surface area contributed by atoms with Crippen molar-refractivity contribution in [3.8, 4) is 5.75 Å². The van der Waals surface area contributed by atoms with Crippen molar-refractivity contribution in [3.05, 3.63) is 43.0 Å². The third-order valence-corrected chi connectivity index (χ3v) is 5.00. The first-order valence-electron chi connectivity index (χ1n) is 7.39. The molecule has 0 atom stereocenters. The molecule has 0 aliphatic heterocycles. The number of thioether (sulfide) groups is 1. The normalized spacial score (nSPS) is 10.4. The summed E-state index contributed by atoms with van der Waals surface area (Å²) < 4.78 is 2.14. The van der Waals surface area contributed by atoms with Gasteiger partial charge in [0.1, 0.15) is 5.75 Å². The molecule has 0 bridgehead atoms. The molecule has 2 aromatic rings. The Morgan fingerprint density at radius 2 is 1.88 bits per heavy atom. The van der Waals surface area contributed by atoms with E-state index in [9.17, 15) is 14.7 Å². The zero-order chi connectivity index (χ0) is 18.7. The highest BCUT2D eigenvalue weighted by Gasteiger charge is 2.04. The van der Waals surface area contributed by atoms with Crippen molar-refractivity contribution in [2.75, 3.05) is 5.75 Å². The highest BCUT2D eigenvalue weighted by Crippen LogP contribution is 2.31. The van der Waals surface area contributed by atoms with E-state index in [1.165, 1.54) is 12.8 Å². The van der Waals surface area contributed by atoms with E-state index in [2.05, 4.69) is 11.6 Å². The van der Waals surface area contributed by atoms with Gasteiger partial charge in [0.2, 0.25) is 0 Å². The van der Waals surface area contributed by atoms with Crippen molar-refractivity contribution in [1.29, 1.82) is 0 Å². The van der Waals surface area contributed by atoms with Gasteiger partial charge in [-0.25, -0.2) is 14.6 Å². The van der Waals surface area contributed by atoms with Crippen molar-refractivity contribution in [3.63, 3.8) is 0 Å². The van der Waals surface area contributed by atoms with Crippen molar-refractivity contribution in [2.24, 2.45) is 0 Å². The maximum atomic E-state index is 9.55. The van der Waals surface area contributed by atoms with Gasteiger partial charge in [0.05, 0.1) is 10.2 Å². The van der Waals surface area contributed by atoms with Gasteiger partial charge in [-0.3, -0.25) is 0 Å². The number of rotatable bonds is 8. The summed E-state index contributed by atoms with van der Waals surface area (Å²) in [5.74, 6) is -1.11. The molecule has 6 nitrogen and oxygen atoms in total. The number of fused-ring (bicyclic) bond motifs is 1. The summed E-state index contributed by atoms with van der Waals surface area (Å²) in [6.45, 7) is 3.71. The lowest BCUT2D eigenvalue weighted by molar-refractivity contribution is -0.134. The van der Waals surface area contributed by atoms with Gasteiger partial charge in [-0.1, -0.05) is 17.8 Å². The maximum absolute atomic E-state index is 9.55. The van der Waals surface area contributed by atoms with E-state index in [4.69, 9.17) is 10.2 Å². The Balaban J connectivity index is 0.000000333. The van der Waals surface area contributed by atoms with Crippen LogP contribution in [0.1, 0.15) is 19.3 Å². The number of carboxylic acids is 2. The smallest absolute Gasteiger partial charge is 0.328 e. The molecule has 0 unspecified atom stereocenters. The van der Waals surface area contributed by atoms with Crippen LogP contribution in [-0.4, -0.2) is 38.0 Å². The van der Waals surface area contributed by atoms with E-state index < -0.39 is 11.9 Å². The largest absolute Gasteiger partial charge is 0.508 e. The second kappa shape index (κ2) is 11.3. The first-order valence-corrected chi connectivity index (χ1v) is 9.19. The molecule has 0 fully saturated rings. The van der Waals surface area contributed by atoms with Gasteiger partial charge in [-0.15, -0.1) is 17.9 Å². The minimum absolute atomic E-state index is 0.309. The number of aromatic hydroxyl groups is 1. The molecule has 1 aromatic heterocycles. The number of phenols is 1. The molecule has 0 radical (unpaired) electrons. The van der Waals surface area contributed by atoms with Crippen molar-refractivity contribution in [2.45, 2.75) is 23.6 Å². The zero-order valence-corrected chi connectivity index (χ0v) is 15.1. The third kappa shape index (κ3) is 8.92. The van der Waals surface area contributed by atoms with Crippen molar-refractivity contribution >= 4 is 45.3 Å². The molecule has 0 saturated carbocycles. The summed E-state index contributed by atoms with van der Waals surface area (Å²) in [5.41, 5.74) is 0.974. The lowest BCUT2D eigenvalue weighted by Crippen LogP contribution is -1.91. The van der Waals surface area contributed by atoms with Gasteiger partial charge in [-0.05, 0) is 37.5 Å². The lowest BCUT2D eigenvalue weighted by atomic mass is 10.2. The van der Waals surface area contributed by atoms with Crippen LogP contribution < -0.4 is 0 Å². The number of nitrogens with zero attached hydrogens (tertiary/aromatic N) is 1. The van der Waals surface area contributed by atoms with Crippen molar-refractivity contribution in [1.82, 2.24) is 4.98 Å². The molecular weight excluding hydrogens is 362 g/mol. The van der Waals surface area contributed by atoms with Gasteiger partial charge in [0.25, 0.3) is 0 Å². The van der Waals surface area contributed by atoms with Crippen LogP contribution in [0, 0.1) is 0 Å². The van der Waals surface area contributed by atoms with Crippen LogP contribution >= 0.6 is 23.1 Å². The molecule has 0 aliphatic carbocycles. The highest BCUT2D eigenvalue weighted by atomic mass is 32.2. The summed E-state index contributed by atoms with van der Waals surface area (Å²) in [6, 6.07) is 5.32. The average Bonchev–Trinajstić information content (AvgIpc) is 2.95. The Bertz CT molecular complexity index is 739. The summed E-state index contributed by atoms with van der Waals surface area (Å²) in [5, 5.41) is 25.0. The number of allylic oxidation sites excluding steroid dienone is 1. The standard InChI is InChI=1S/C13H15NOS2.C4H4O4/c1-2-3-4-5-8-16-13-14-11-7-6-10(15)9-12(11)17-13;5-3(6)1-2-4(7)8/h2,6-7,9,15H,1,3-5,8H2;1-2H,(H,5,6)(H,7,8)/b;2-1-. The van der Waals surface area contributed by atoms with Gasteiger partial charge >= 0.3 is 11.9 Å². The fourth-order valence-corrected chi connectivity index (χ4v) is 3.82. The molecule has 25 heavy (non-hydrogen) atoms. The number of carboxylic acid groups (broad SMARTS) is 2. The molecule has 1 heterocycles. The van der Waals surface area contributed by atoms with Gasteiger partial charge in [0.15, 0.2) is 4.34 Å². The van der Waals surface area contributed by atoms with Crippen LogP contribution in [-0.2, 0) is 9.59 Å². The van der Waals surface area contributed by atoms with Crippen LogP contribution in [0.15, 0.2) is 47.3 Å². The second-order valence-corrected chi connectivity index (χ2v) is 7.15. The number of aromatic nitrogens is 1. The Hall–Kier alpha value is -2.32. The third-order valence-electron chi connectivity index (χ3n) is 2.75. The fraction of sp³-hybridized carbons (Fsp3) is 0.235. The molecule has 0 saturated heterocycles. The van der Waals surface area contributed by atoms with Crippen molar-refractivity contribution < 1.29 is 24.9 Å². The summed E-state index contributed by atoms with van der Waals surface area (Å²) in [4.78, 5) is 23.6. The number of thiazole rings is 1. The molecule has 0 spiro atoms. The number of hydrogen-bond acceptors (Lipinski definition) is 6. The first-order chi connectivity index (χ1) is 11.9. The van der Waals surface area contributed by atoms with E-state index in [0.717, 1.165) is 26.7 Å². The minimum atomic E-state index is -1.26. The summed E-state index contributed by atoms with van der Waals surface area (Å²) in [6.07, 6.45) is 6.56. The van der Waals surface area contributed by atoms with E-state index in [1.54, 1.807) is 35.2 Å². The Labute approximate surface area is 153 Å². The fourth-order valence-electron chi connectivity index (χ4n) is 1.65. The van der Waals surface area contributed by atoms with Crippen LogP contribution in [0.3, 0.4) is 0 Å². The molecule has 8 heteroatoms. The van der Waals surface area contributed by atoms with Crippen LogP contribution in [0.5, 0.6) is 5.75 Å². The van der Waals surface area contributed by atoms with E-state index >= 15 is 0 Å². The van der Waals surface area contributed by atoms with Crippen LogP contribution in [0.2, 0.25) is 0 Å². The predicted molar refractivity (Wildman–Crippen MR) is 100 cm³/mol. The second-order valence-electron chi connectivity index (χ2n) is 4.77. The topological polar surface area (TPSA) is 108 Å². The summed E-state index contributed by atoms with van der Waals surface area (Å²) >= 11 is 3.44. The molecule has 3 N–H and O–H groups in total. The number of unbranched alkanes of at least 4 members (excludes halogenated alkanes) is 2. The van der Waals surface area contributed by atoms with E-state index in [-0.39, 0.29) is 0 Å². The molecule has 1 aromatic carbocycles. The average molecular weight is 381 g/mol. The number of phenolic OH excluding ortho intramolecular Hbond substituents is 1. The lowest BCUT2D eigenvalue weighted by Gasteiger charge is -1.95. The minimum Gasteiger partial charge on any atom is -0.508 e. The number of aliphatic carboxylic acids is 2. The zero-order valence-electron chi connectivity index (χ0n) is 13.4. The molecule has 2 rings (SSSR count). The molecule has 134 valence electrons. The predicted octanol–water partition coefficient (Wildman–Crippen LogP) is 4.16. The quantitative estimate of drug-likeness (QED) is 0.273. The SMILES string of the molecule is C=CCCCCSc1nc2ccc(O)cc2s1.O=C(O)/C=C\C(=O)O. The Morgan fingerprint density at radius 3 is 2.48 bits per heavy atom. The molecule has 0 amide bonds. The van der Waals surface area contributed by atoms with E-state index in [0.29, 0.717) is 17.9 Å². The monoisotopic (exact) mass is 381 g/mol. The Kier molecular flexibility index (Phi) is 9.34. The summed E-state index contributed by atoms with van der Waals surface area (Å²) in [7, 11) is 0. The maximum Gasteiger partial charge on any atom is 0.328 e. The highest BCUT2D eigenvalue weighted by molar-refractivity contribution is 8.01. The first kappa shape index (κ1) is 20.7. The number of hydrogen-bond donors (Lipinski definition) is 3.